The van der Waals surface area contributed by atoms with Gasteiger partial charge in [-0.05, 0) is 37.3 Å². The molecule has 0 aromatic heterocycles. The van der Waals surface area contributed by atoms with Crippen molar-refractivity contribution in [2.24, 2.45) is 0 Å². The van der Waals surface area contributed by atoms with Gasteiger partial charge in [-0.2, -0.15) is 0 Å². The molecule has 5 heteroatoms. The molecular weight excluding hydrogens is 255 g/mol. The molecule has 2 unspecified atom stereocenters. The van der Waals surface area contributed by atoms with Crippen molar-refractivity contribution in [2.45, 2.75) is 51.1 Å². The quantitative estimate of drug-likeness (QED) is 0.880. The molecular formula is C14H18F3NO. The van der Waals surface area contributed by atoms with Crippen LogP contribution in [0.5, 0.6) is 5.75 Å². The zero-order valence-corrected chi connectivity index (χ0v) is 11.0. The Morgan fingerprint density at radius 2 is 1.84 bits per heavy atom. The Balaban J connectivity index is 2.13. The summed E-state index contributed by atoms with van der Waals surface area (Å²) in [6.45, 7) is 3.91. The Morgan fingerprint density at radius 1 is 1.21 bits per heavy atom. The lowest BCUT2D eigenvalue weighted by Gasteiger charge is -2.24. The number of rotatable bonds is 5. The summed E-state index contributed by atoms with van der Waals surface area (Å²) in [5.41, 5.74) is 0.584. The van der Waals surface area contributed by atoms with Crippen LogP contribution in [-0.2, 0) is 0 Å². The van der Waals surface area contributed by atoms with E-state index in [-0.39, 0.29) is 17.7 Å². The van der Waals surface area contributed by atoms with Crippen LogP contribution in [0.1, 0.15) is 38.2 Å². The summed E-state index contributed by atoms with van der Waals surface area (Å²) in [6, 6.07) is 6.98. The lowest BCUT2D eigenvalue weighted by molar-refractivity contribution is -0.275. The van der Waals surface area contributed by atoms with Crippen LogP contribution in [-0.4, -0.2) is 18.4 Å². The number of benzene rings is 1. The molecule has 2 atom stereocenters. The highest BCUT2D eigenvalue weighted by atomic mass is 19.4. The Bertz CT molecular complexity index is 429. The van der Waals surface area contributed by atoms with Gasteiger partial charge in [-0.3, -0.25) is 0 Å². The summed E-state index contributed by atoms with van der Waals surface area (Å²) >= 11 is 0. The fourth-order valence-corrected chi connectivity index (χ4v) is 2.11. The van der Waals surface area contributed by atoms with E-state index in [0.29, 0.717) is 11.6 Å². The largest absolute Gasteiger partial charge is 0.573 e. The third kappa shape index (κ3) is 4.13. The third-order valence-corrected chi connectivity index (χ3v) is 3.46. The van der Waals surface area contributed by atoms with E-state index in [2.05, 4.69) is 10.1 Å². The molecule has 0 bridgehead atoms. The normalized spacial score (nSPS) is 19.0. The molecule has 1 N–H and O–H groups in total. The second kappa shape index (κ2) is 5.41. The highest BCUT2D eigenvalue weighted by Gasteiger charge is 2.33. The van der Waals surface area contributed by atoms with Crippen molar-refractivity contribution < 1.29 is 17.9 Å². The monoisotopic (exact) mass is 273 g/mol. The molecule has 0 spiro atoms. The number of alkyl halides is 3. The maximum atomic E-state index is 12.4. The van der Waals surface area contributed by atoms with Gasteiger partial charge in [-0.15, -0.1) is 13.2 Å². The molecule has 0 heterocycles. The molecule has 0 radical (unpaired) electrons. The molecule has 1 aromatic carbocycles. The first-order chi connectivity index (χ1) is 8.87. The average molecular weight is 273 g/mol. The molecule has 2 rings (SSSR count). The van der Waals surface area contributed by atoms with Gasteiger partial charge in [-0.1, -0.05) is 25.1 Å². The first kappa shape index (κ1) is 14.2. The van der Waals surface area contributed by atoms with E-state index in [0.717, 1.165) is 12.8 Å². The topological polar surface area (TPSA) is 21.3 Å². The van der Waals surface area contributed by atoms with Crippen LogP contribution in [0.4, 0.5) is 13.2 Å². The number of para-hydroxylation sites is 1. The maximum Gasteiger partial charge on any atom is 0.573 e. The molecule has 0 aliphatic heterocycles. The van der Waals surface area contributed by atoms with E-state index >= 15 is 0 Å². The summed E-state index contributed by atoms with van der Waals surface area (Å²) in [4.78, 5) is 0. The lowest BCUT2D eigenvalue weighted by atomic mass is 9.93. The Labute approximate surface area is 111 Å². The van der Waals surface area contributed by atoms with Crippen molar-refractivity contribution in [3.63, 3.8) is 0 Å². The van der Waals surface area contributed by atoms with Crippen LogP contribution < -0.4 is 10.1 Å². The maximum absolute atomic E-state index is 12.4. The van der Waals surface area contributed by atoms with Crippen LogP contribution in [0, 0.1) is 0 Å². The molecule has 106 valence electrons. The first-order valence-corrected chi connectivity index (χ1v) is 6.47. The number of hydrogen-bond donors (Lipinski definition) is 1. The van der Waals surface area contributed by atoms with Crippen LogP contribution in [0.3, 0.4) is 0 Å². The van der Waals surface area contributed by atoms with E-state index in [4.69, 9.17) is 0 Å². The van der Waals surface area contributed by atoms with Crippen molar-refractivity contribution in [1.82, 2.24) is 5.32 Å². The molecule has 1 aliphatic carbocycles. The molecule has 0 amide bonds. The smallest absolute Gasteiger partial charge is 0.405 e. The van der Waals surface area contributed by atoms with Gasteiger partial charge in [0, 0.05) is 12.1 Å². The van der Waals surface area contributed by atoms with E-state index < -0.39 is 6.36 Å². The van der Waals surface area contributed by atoms with Gasteiger partial charge in [-0.25, -0.2) is 0 Å². The van der Waals surface area contributed by atoms with Crippen molar-refractivity contribution in [2.75, 3.05) is 0 Å². The Hall–Kier alpha value is -1.23. The van der Waals surface area contributed by atoms with Gasteiger partial charge in [0.1, 0.15) is 5.75 Å². The molecule has 1 aromatic rings. The molecule has 2 nitrogen and oxygen atoms in total. The number of ether oxygens (including phenoxy) is 1. The SMILES string of the molecule is CC(NC1CC1)C(C)c1ccccc1OC(F)(F)F. The molecule has 1 saturated carbocycles. The minimum atomic E-state index is -4.65. The van der Waals surface area contributed by atoms with E-state index in [1.54, 1.807) is 18.2 Å². The van der Waals surface area contributed by atoms with Gasteiger partial charge in [0.25, 0.3) is 0 Å². The number of hydrogen-bond acceptors (Lipinski definition) is 2. The number of nitrogens with one attached hydrogen (secondary N) is 1. The van der Waals surface area contributed by atoms with Gasteiger partial charge >= 0.3 is 6.36 Å². The number of halogens is 3. The predicted molar refractivity (Wildman–Crippen MR) is 67.2 cm³/mol. The van der Waals surface area contributed by atoms with Crippen LogP contribution in [0.25, 0.3) is 0 Å². The van der Waals surface area contributed by atoms with Crippen molar-refractivity contribution >= 4 is 0 Å². The summed E-state index contributed by atoms with van der Waals surface area (Å²) in [5, 5.41) is 3.41. The van der Waals surface area contributed by atoms with Crippen molar-refractivity contribution in [3.05, 3.63) is 29.8 Å². The molecule has 1 fully saturated rings. The summed E-state index contributed by atoms with van der Waals surface area (Å²) in [6.07, 6.45) is -2.35. The van der Waals surface area contributed by atoms with Crippen LogP contribution in [0.15, 0.2) is 24.3 Å². The minimum Gasteiger partial charge on any atom is -0.405 e. The minimum absolute atomic E-state index is 0.0425. The Kier molecular flexibility index (Phi) is 4.04. The lowest BCUT2D eigenvalue weighted by Crippen LogP contribution is -2.33. The fourth-order valence-electron chi connectivity index (χ4n) is 2.11. The van der Waals surface area contributed by atoms with Crippen LogP contribution in [0.2, 0.25) is 0 Å². The highest BCUT2D eigenvalue weighted by Crippen LogP contribution is 2.33. The first-order valence-electron chi connectivity index (χ1n) is 6.47. The standard InChI is InChI=1S/C14H18F3NO/c1-9(10(2)18-11-7-8-11)12-5-3-4-6-13(12)19-14(15,16)17/h3-6,9-11,18H,7-8H2,1-2H3. The summed E-state index contributed by atoms with van der Waals surface area (Å²) in [7, 11) is 0. The van der Waals surface area contributed by atoms with E-state index in [1.165, 1.54) is 6.07 Å². The average Bonchev–Trinajstić information content (AvgIpc) is 3.10. The van der Waals surface area contributed by atoms with Gasteiger partial charge in [0.15, 0.2) is 0 Å². The molecule has 1 aliphatic rings. The van der Waals surface area contributed by atoms with Gasteiger partial charge < -0.3 is 10.1 Å². The zero-order valence-electron chi connectivity index (χ0n) is 11.0. The summed E-state index contributed by atoms with van der Waals surface area (Å²) in [5.74, 6) is -0.147. The molecule has 0 saturated heterocycles. The second-order valence-corrected chi connectivity index (χ2v) is 5.10. The summed E-state index contributed by atoms with van der Waals surface area (Å²) < 4.78 is 41.2. The molecule has 19 heavy (non-hydrogen) atoms. The highest BCUT2D eigenvalue weighted by molar-refractivity contribution is 5.37. The predicted octanol–water partition coefficient (Wildman–Crippen LogP) is 3.83. The third-order valence-electron chi connectivity index (χ3n) is 3.46. The van der Waals surface area contributed by atoms with E-state index in [1.807, 2.05) is 13.8 Å². The van der Waals surface area contributed by atoms with Gasteiger partial charge in [0.2, 0.25) is 0 Å². The second-order valence-electron chi connectivity index (χ2n) is 5.10. The van der Waals surface area contributed by atoms with Crippen LogP contribution >= 0.6 is 0 Å². The van der Waals surface area contributed by atoms with Crippen molar-refractivity contribution in [3.8, 4) is 5.75 Å². The van der Waals surface area contributed by atoms with Gasteiger partial charge in [0.05, 0.1) is 0 Å². The van der Waals surface area contributed by atoms with Crippen molar-refractivity contribution in [1.29, 1.82) is 0 Å². The zero-order chi connectivity index (χ0) is 14.0. The van der Waals surface area contributed by atoms with E-state index in [9.17, 15) is 13.2 Å². The Morgan fingerprint density at radius 3 is 2.42 bits per heavy atom. The fraction of sp³-hybridized carbons (Fsp3) is 0.571.